The van der Waals surface area contributed by atoms with E-state index >= 15 is 0 Å². The maximum atomic E-state index is 7.56. The summed E-state index contributed by atoms with van der Waals surface area (Å²) in [5, 5.41) is 8.98. The Morgan fingerprint density at radius 2 is 1.67 bits per heavy atom. The largest absolute Gasteiger partial charge is 0.370 e. The number of rotatable bonds is 3. The van der Waals surface area contributed by atoms with E-state index in [2.05, 4.69) is 32.0 Å². The topological polar surface area (TPSA) is 147 Å². The smallest absolute Gasteiger partial charge is 0.253 e. The van der Waals surface area contributed by atoms with Crippen molar-refractivity contribution in [1.29, 1.82) is 5.41 Å². The first-order chi connectivity index (χ1) is 14.4. The molecule has 1 aliphatic heterocycles. The first-order valence-electron chi connectivity index (χ1n) is 9.42. The molecule has 0 aliphatic carbocycles. The highest BCUT2D eigenvalue weighted by molar-refractivity contribution is 6.31. The van der Waals surface area contributed by atoms with Crippen molar-refractivity contribution in [2.75, 3.05) is 31.1 Å². The molecule has 1 aromatic heterocycles. The maximum Gasteiger partial charge on any atom is 0.253 e. The van der Waals surface area contributed by atoms with Crippen LogP contribution in [0.3, 0.4) is 0 Å². The lowest BCUT2D eigenvalue weighted by atomic mass is 10.1. The zero-order chi connectivity index (χ0) is 21.3. The third-order valence-corrected chi connectivity index (χ3v) is 5.24. The van der Waals surface area contributed by atoms with Crippen molar-refractivity contribution >= 4 is 46.1 Å². The molecule has 0 atom stereocenters. The molecule has 1 saturated heterocycles. The fourth-order valence-corrected chi connectivity index (χ4v) is 3.68. The van der Waals surface area contributed by atoms with Gasteiger partial charge in [-0.1, -0.05) is 23.7 Å². The number of fused-ring (bicyclic) bond motifs is 1. The van der Waals surface area contributed by atoms with Crippen molar-refractivity contribution in [2.24, 2.45) is 22.2 Å². The van der Waals surface area contributed by atoms with Gasteiger partial charge in [0.25, 0.3) is 5.95 Å². The maximum absolute atomic E-state index is 7.56. The number of hydrogen-bond acceptors (Lipinski definition) is 5. The van der Waals surface area contributed by atoms with Crippen LogP contribution in [0, 0.1) is 5.41 Å². The molecule has 7 N–H and O–H groups in total. The van der Waals surface area contributed by atoms with Crippen LogP contribution in [-0.4, -0.2) is 53.0 Å². The Balaban J connectivity index is 1.68. The number of nitrogens with one attached hydrogen (secondary N) is 1. The average molecular weight is 424 g/mol. The summed E-state index contributed by atoms with van der Waals surface area (Å²) < 4.78 is 0. The molecule has 30 heavy (non-hydrogen) atoms. The van der Waals surface area contributed by atoms with Gasteiger partial charge >= 0.3 is 0 Å². The summed E-state index contributed by atoms with van der Waals surface area (Å²) in [4.78, 5) is 17.1. The number of benzene rings is 2. The van der Waals surface area contributed by atoms with Gasteiger partial charge in [-0.25, -0.2) is 9.97 Å². The normalized spacial score (nSPS) is 14.0. The fourth-order valence-electron chi connectivity index (χ4n) is 3.51. The zero-order valence-corrected chi connectivity index (χ0v) is 17.0. The van der Waals surface area contributed by atoms with Gasteiger partial charge in [0.05, 0.1) is 11.2 Å². The summed E-state index contributed by atoms with van der Waals surface area (Å²) >= 11 is 6.21. The molecule has 0 unspecified atom stereocenters. The number of hydrogen-bond donors (Lipinski definition) is 4. The predicted molar refractivity (Wildman–Crippen MR) is 121 cm³/mol. The Morgan fingerprint density at radius 1 is 0.967 bits per heavy atom. The van der Waals surface area contributed by atoms with E-state index in [1.165, 1.54) is 0 Å². The number of anilines is 1. The van der Waals surface area contributed by atoms with Crippen LogP contribution in [0.1, 0.15) is 0 Å². The van der Waals surface area contributed by atoms with Crippen LogP contribution in [0.4, 0.5) is 11.6 Å². The van der Waals surface area contributed by atoms with Gasteiger partial charge in [0.15, 0.2) is 11.9 Å². The minimum absolute atomic E-state index is 0.102. The molecule has 2 aromatic carbocycles. The molecule has 9 nitrogen and oxygen atoms in total. The second-order valence-electron chi connectivity index (χ2n) is 6.98. The standard InChI is InChI=1S/C20H22ClN9/c21-13-3-6-16-15(11-13)17(27-20(26-16)28-18(22)23)12-1-4-14(5-2-12)29-7-9-30(10-8-29)19(24)25/h1-6,11H,7-10H2,(H3,24,25)(H4,22,23,26,27,28). The molecule has 3 aromatic rings. The van der Waals surface area contributed by atoms with Crippen molar-refractivity contribution < 1.29 is 0 Å². The molecular formula is C20H22ClN9. The summed E-state index contributed by atoms with van der Waals surface area (Å²) in [7, 11) is 0. The van der Waals surface area contributed by atoms with Crippen LogP contribution in [0.5, 0.6) is 0 Å². The lowest BCUT2D eigenvalue weighted by Crippen LogP contribution is -2.50. The molecule has 0 saturated carbocycles. The van der Waals surface area contributed by atoms with Crippen molar-refractivity contribution in [3.63, 3.8) is 0 Å². The highest BCUT2D eigenvalue weighted by Crippen LogP contribution is 2.31. The fraction of sp³-hybridized carbons (Fsp3) is 0.200. The lowest BCUT2D eigenvalue weighted by Gasteiger charge is -2.36. The van der Waals surface area contributed by atoms with E-state index in [0.29, 0.717) is 16.2 Å². The Labute approximate surface area is 178 Å². The van der Waals surface area contributed by atoms with Crippen molar-refractivity contribution in [3.8, 4) is 11.3 Å². The monoisotopic (exact) mass is 423 g/mol. The molecular weight excluding hydrogens is 402 g/mol. The van der Waals surface area contributed by atoms with E-state index in [9.17, 15) is 0 Å². The van der Waals surface area contributed by atoms with Crippen LogP contribution >= 0.6 is 11.6 Å². The Hall–Kier alpha value is -3.59. The van der Waals surface area contributed by atoms with Gasteiger partial charge in [0.2, 0.25) is 0 Å². The van der Waals surface area contributed by atoms with Crippen LogP contribution < -0.4 is 22.1 Å². The molecule has 0 spiro atoms. The summed E-state index contributed by atoms with van der Waals surface area (Å²) in [6, 6.07) is 13.5. The van der Waals surface area contributed by atoms with Crippen LogP contribution in [-0.2, 0) is 0 Å². The van der Waals surface area contributed by atoms with E-state index in [1.54, 1.807) is 6.07 Å². The molecule has 0 bridgehead atoms. The van der Waals surface area contributed by atoms with Gasteiger partial charge in [0, 0.05) is 47.8 Å². The number of halogens is 1. The zero-order valence-electron chi connectivity index (χ0n) is 16.2. The van der Waals surface area contributed by atoms with Crippen molar-refractivity contribution in [2.45, 2.75) is 0 Å². The first-order valence-corrected chi connectivity index (χ1v) is 9.80. The van der Waals surface area contributed by atoms with Gasteiger partial charge < -0.3 is 27.0 Å². The van der Waals surface area contributed by atoms with Crippen LogP contribution in [0.15, 0.2) is 47.5 Å². The number of piperazine rings is 1. The predicted octanol–water partition coefficient (Wildman–Crippen LogP) is 1.87. The number of guanidine groups is 2. The van der Waals surface area contributed by atoms with Crippen LogP contribution in [0.25, 0.3) is 22.2 Å². The number of nitrogens with two attached hydrogens (primary N) is 3. The van der Waals surface area contributed by atoms with Gasteiger partial charge in [-0.2, -0.15) is 4.99 Å². The van der Waals surface area contributed by atoms with Gasteiger partial charge in [-0.05, 0) is 30.3 Å². The molecule has 0 radical (unpaired) electrons. The second-order valence-corrected chi connectivity index (χ2v) is 7.41. The Morgan fingerprint density at radius 3 is 2.30 bits per heavy atom. The highest BCUT2D eigenvalue weighted by Gasteiger charge is 2.18. The highest BCUT2D eigenvalue weighted by atomic mass is 35.5. The molecule has 2 heterocycles. The summed E-state index contributed by atoms with van der Waals surface area (Å²) in [6.07, 6.45) is 0. The Kier molecular flexibility index (Phi) is 5.28. The minimum Gasteiger partial charge on any atom is -0.370 e. The minimum atomic E-state index is -0.102. The van der Waals surface area contributed by atoms with Crippen molar-refractivity contribution in [1.82, 2.24) is 14.9 Å². The average Bonchev–Trinajstić information content (AvgIpc) is 2.73. The molecule has 1 fully saturated rings. The number of aromatic nitrogens is 2. The van der Waals surface area contributed by atoms with E-state index in [0.717, 1.165) is 42.8 Å². The molecule has 0 amide bonds. The van der Waals surface area contributed by atoms with E-state index in [4.69, 9.17) is 34.2 Å². The summed E-state index contributed by atoms with van der Waals surface area (Å²) in [6.45, 7) is 3.07. The van der Waals surface area contributed by atoms with Gasteiger partial charge in [-0.15, -0.1) is 0 Å². The first kappa shape index (κ1) is 19.7. The lowest BCUT2D eigenvalue weighted by molar-refractivity contribution is 0.380. The van der Waals surface area contributed by atoms with Gasteiger partial charge in [-0.3, -0.25) is 5.41 Å². The second kappa shape index (κ2) is 8.03. The SMILES string of the molecule is N=C(N)N1CCN(c2ccc(-c3nc(N=C(N)N)nc4ccc(Cl)cc34)cc2)CC1. The molecule has 10 heteroatoms. The Bertz CT molecular complexity index is 1120. The summed E-state index contributed by atoms with van der Waals surface area (Å²) in [5.41, 5.74) is 20.0. The van der Waals surface area contributed by atoms with Crippen LogP contribution in [0.2, 0.25) is 5.02 Å². The molecule has 154 valence electrons. The quantitative estimate of drug-likeness (QED) is 0.371. The number of aliphatic imine (C=N–C) groups is 1. The van der Waals surface area contributed by atoms with Gasteiger partial charge in [0.1, 0.15) is 0 Å². The van der Waals surface area contributed by atoms with E-state index in [-0.39, 0.29) is 17.9 Å². The van der Waals surface area contributed by atoms with E-state index in [1.807, 2.05) is 29.2 Å². The van der Waals surface area contributed by atoms with Crippen molar-refractivity contribution in [3.05, 3.63) is 47.5 Å². The molecule has 1 aliphatic rings. The molecule has 4 rings (SSSR count). The third-order valence-electron chi connectivity index (χ3n) is 5.00. The number of nitrogens with zero attached hydrogens (tertiary/aromatic N) is 5. The van der Waals surface area contributed by atoms with E-state index < -0.39 is 0 Å². The third kappa shape index (κ3) is 4.06. The summed E-state index contributed by atoms with van der Waals surface area (Å²) in [5.74, 6) is 0.217.